The molecule has 0 N–H and O–H groups in total. The van der Waals surface area contributed by atoms with Crippen LogP contribution in [0.15, 0.2) is 140 Å². The molecule has 6 aromatic carbocycles. The molecule has 0 saturated carbocycles. The quantitative estimate of drug-likeness (QED) is 0.247. The molecule has 7 aromatic rings. The Hall–Kier alpha value is -4.82. The Labute approximate surface area is 216 Å². The normalized spacial score (nSPS) is 11.4. The molecule has 0 radical (unpaired) electrons. The maximum atomic E-state index is 2.43. The number of hydrogen-bond donors (Lipinski definition) is 0. The van der Waals surface area contributed by atoms with E-state index in [0.717, 1.165) is 11.4 Å². The molecule has 176 valence electrons. The molecule has 0 bridgehead atoms. The summed E-state index contributed by atoms with van der Waals surface area (Å²) in [5.41, 5.74) is 8.38. The first-order valence-electron chi connectivity index (χ1n) is 12.7. The van der Waals surface area contributed by atoms with E-state index in [4.69, 9.17) is 0 Å². The lowest BCUT2D eigenvalue weighted by molar-refractivity contribution is 1.15. The molecule has 1 aromatic heterocycles. The summed E-state index contributed by atoms with van der Waals surface area (Å²) in [7, 11) is 2.15. The SMILES string of the molecule is CN(c1ccccc1)c1cccc2c3cc4ccccc4cc3n(-c3ccc(-c4ccccc4)cc3)c12. The molecule has 0 amide bonds. The van der Waals surface area contributed by atoms with E-state index >= 15 is 0 Å². The summed E-state index contributed by atoms with van der Waals surface area (Å²) in [6.07, 6.45) is 0. The third kappa shape index (κ3) is 3.57. The second kappa shape index (κ2) is 8.69. The van der Waals surface area contributed by atoms with Crippen molar-refractivity contribution in [3.05, 3.63) is 140 Å². The first kappa shape index (κ1) is 21.5. The maximum absolute atomic E-state index is 2.43. The second-order valence-corrected chi connectivity index (χ2v) is 9.53. The molecular formula is C35H26N2. The van der Waals surface area contributed by atoms with Gasteiger partial charge in [-0.15, -0.1) is 0 Å². The van der Waals surface area contributed by atoms with Gasteiger partial charge in [0, 0.05) is 29.2 Å². The summed E-state index contributed by atoms with van der Waals surface area (Å²) in [4.78, 5) is 2.29. The van der Waals surface area contributed by atoms with E-state index in [9.17, 15) is 0 Å². The average molecular weight is 475 g/mol. The number of para-hydroxylation sites is 2. The molecule has 0 fully saturated rings. The summed E-state index contributed by atoms with van der Waals surface area (Å²) in [6, 6.07) is 50.1. The van der Waals surface area contributed by atoms with Crippen LogP contribution in [0.2, 0.25) is 0 Å². The molecule has 1 heterocycles. The van der Waals surface area contributed by atoms with Crippen molar-refractivity contribution in [1.29, 1.82) is 0 Å². The zero-order valence-electron chi connectivity index (χ0n) is 20.7. The predicted molar refractivity (Wildman–Crippen MR) is 158 cm³/mol. The Morgan fingerprint density at radius 3 is 1.86 bits per heavy atom. The van der Waals surface area contributed by atoms with Gasteiger partial charge in [-0.3, -0.25) is 0 Å². The van der Waals surface area contributed by atoms with Crippen molar-refractivity contribution < 1.29 is 0 Å². The van der Waals surface area contributed by atoms with Crippen LogP contribution in [0.1, 0.15) is 0 Å². The third-order valence-corrected chi connectivity index (χ3v) is 7.37. The minimum absolute atomic E-state index is 1.16. The number of nitrogens with zero attached hydrogens (tertiary/aromatic N) is 2. The van der Waals surface area contributed by atoms with Crippen LogP contribution in [-0.2, 0) is 0 Å². The molecule has 2 heteroatoms. The summed E-state index contributed by atoms with van der Waals surface area (Å²) < 4.78 is 2.43. The van der Waals surface area contributed by atoms with Crippen molar-refractivity contribution in [2.24, 2.45) is 0 Å². The smallest absolute Gasteiger partial charge is 0.0778 e. The van der Waals surface area contributed by atoms with E-state index in [-0.39, 0.29) is 0 Å². The Kier molecular flexibility index (Phi) is 5.04. The fourth-order valence-corrected chi connectivity index (χ4v) is 5.50. The molecular weight excluding hydrogens is 448 g/mol. The van der Waals surface area contributed by atoms with E-state index in [0.29, 0.717) is 0 Å². The number of fused-ring (bicyclic) bond motifs is 4. The van der Waals surface area contributed by atoms with Crippen molar-refractivity contribution in [2.75, 3.05) is 11.9 Å². The third-order valence-electron chi connectivity index (χ3n) is 7.37. The van der Waals surface area contributed by atoms with E-state index < -0.39 is 0 Å². The van der Waals surface area contributed by atoms with Gasteiger partial charge in [0.25, 0.3) is 0 Å². The molecule has 37 heavy (non-hydrogen) atoms. The van der Waals surface area contributed by atoms with Crippen molar-refractivity contribution in [3.63, 3.8) is 0 Å². The van der Waals surface area contributed by atoms with Crippen molar-refractivity contribution in [1.82, 2.24) is 4.57 Å². The monoisotopic (exact) mass is 474 g/mol. The molecule has 0 spiro atoms. The molecule has 0 atom stereocenters. The molecule has 2 nitrogen and oxygen atoms in total. The van der Waals surface area contributed by atoms with Crippen molar-refractivity contribution in [2.45, 2.75) is 0 Å². The highest BCUT2D eigenvalue weighted by Gasteiger charge is 2.19. The molecule has 0 unspecified atom stereocenters. The van der Waals surface area contributed by atoms with Gasteiger partial charge in [-0.2, -0.15) is 0 Å². The first-order chi connectivity index (χ1) is 18.3. The van der Waals surface area contributed by atoms with Crippen molar-refractivity contribution >= 4 is 44.0 Å². The van der Waals surface area contributed by atoms with Crippen LogP contribution in [0.25, 0.3) is 49.4 Å². The van der Waals surface area contributed by atoms with Gasteiger partial charge < -0.3 is 9.47 Å². The Bertz CT molecular complexity index is 1860. The highest BCUT2D eigenvalue weighted by molar-refractivity contribution is 6.16. The maximum Gasteiger partial charge on any atom is 0.0778 e. The Morgan fingerprint density at radius 1 is 0.514 bits per heavy atom. The summed E-state index contributed by atoms with van der Waals surface area (Å²) in [6.45, 7) is 0. The first-order valence-corrected chi connectivity index (χ1v) is 12.7. The summed E-state index contributed by atoms with van der Waals surface area (Å²) >= 11 is 0. The van der Waals surface area contributed by atoms with E-state index in [2.05, 4.69) is 156 Å². The molecule has 0 saturated heterocycles. The number of benzene rings is 6. The van der Waals surface area contributed by atoms with Gasteiger partial charge in [0.1, 0.15) is 0 Å². The number of anilines is 2. The van der Waals surface area contributed by atoms with E-state index in [1.54, 1.807) is 0 Å². The topological polar surface area (TPSA) is 8.17 Å². The predicted octanol–water partition coefficient (Wildman–Crippen LogP) is 9.37. The van der Waals surface area contributed by atoms with E-state index in [1.165, 1.54) is 49.4 Å². The summed E-state index contributed by atoms with van der Waals surface area (Å²) in [5.74, 6) is 0. The Balaban J connectivity index is 1.53. The fourth-order valence-electron chi connectivity index (χ4n) is 5.50. The highest BCUT2D eigenvalue weighted by atomic mass is 15.1. The molecule has 7 rings (SSSR count). The van der Waals surface area contributed by atoms with Crippen molar-refractivity contribution in [3.8, 4) is 16.8 Å². The molecule has 0 aliphatic carbocycles. The second-order valence-electron chi connectivity index (χ2n) is 9.53. The fraction of sp³-hybridized carbons (Fsp3) is 0.0286. The van der Waals surface area contributed by atoms with Crippen LogP contribution in [0.3, 0.4) is 0 Å². The zero-order chi connectivity index (χ0) is 24.8. The van der Waals surface area contributed by atoms with Gasteiger partial charge in [0.05, 0.1) is 16.7 Å². The number of hydrogen-bond acceptors (Lipinski definition) is 1. The van der Waals surface area contributed by atoms with Crippen LogP contribution in [-0.4, -0.2) is 11.6 Å². The lowest BCUT2D eigenvalue weighted by atomic mass is 10.1. The van der Waals surface area contributed by atoms with Crippen LogP contribution < -0.4 is 4.90 Å². The van der Waals surface area contributed by atoms with Gasteiger partial charge in [0.15, 0.2) is 0 Å². The zero-order valence-corrected chi connectivity index (χ0v) is 20.7. The van der Waals surface area contributed by atoms with Crippen LogP contribution in [0.4, 0.5) is 11.4 Å². The lowest BCUT2D eigenvalue weighted by Gasteiger charge is -2.22. The van der Waals surface area contributed by atoms with Crippen LogP contribution in [0.5, 0.6) is 0 Å². The standard InChI is InChI=1S/C35H26N2/c1-36(29-15-6-3-7-16-29)33-18-10-17-31-32-23-27-13-8-9-14-28(27)24-34(32)37(35(31)33)30-21-19-26(20-22-30)25-11-4-2-5-12-25/h2-24H,1H3. The van der Waals surface area contributed by atoms with Gasteiger partial charge in [-0.25, -0.2) is 0 Å². The largest absolute Gasteiger partial charge is 0.343 e. The molecule has 0 aliphatic heterocycles. The van der Waals surface area contributed by atoms with Gasteiger partial charge in [0.2, 0.25) is 0 Å². The van der Waals surface area contributed by atoms with Gasteiger partial charge in [-0.1, -0.05) is 97.1 Å². The van der Waals surface area contributed by atoms with Crippen LogP contribution >= 0.6 is 0 Å². The van der Waals surface area contributed by atoms with Crippen LogP contribution in [0, 0.1) is 0 Å². The Morgan fingerprint density at radius 2 is 1.14 bits per heavy atom. The van der Waals surface area contributed by atoms with E-state index in [1.807, 2.05) is 0 Å². The number of aromatic nitrogens is 1. The number of rotatable bonds is 4. The average Bonchev–Trinajstić information content (AvgIpc) is 3.30. The lowest BCUT2D eigenvalue weighted by Crippen LogP contribution is -2.11. The summed E-state index contributed by atoms with van der Waals surface area (Å²) in [5, 5.41) is 5.03. The minimum Gasteiger partial charge on any atom is -0.343 e. The molecule has 0 aliphatic rings. The van der Waals surface area contributed by atoms with Gasteiger partial charge in [-0.05, 0) is 64.4 Å². The van der Waals surface area contributed by atoms with Gasteiger partial charge >= 0.3 is 0 Å². The highest BCUT2D eigenvalue weighted by Crippen LogP contribution is 2.40. The minimum atomic E-state index is 1.16.